The first-order valence-corrected chi connectivity index (χ1v) is 9.88. The number of amides is 1. The number of nitrogens with zero attached hydrogens (tertiary/aromatic N) is 3. The zero-order valence-electron chi connectivity index (χ0n) is 17.4. The lowest BCUT2D eigenvalue weighted by molar-refractivity contribution is 0.0954. The van der Waals surface area contributed by atoms with Crippen LogP contribution in [0.5, 0.6) is 0 Å². The number of halogens is 2. The minimum Gasteiger partial charge on any atom is -0.366 e. The molecule has 2 aromatic carbocycles. The fourth-order valence-electron chi connectivity index (χ4n) is 3.44. The lowest BCUT2D eigenvalue weighted by Gasteiger charge is -2.37. The van der Waals surface area contributed by atoms with Crippen LogP contribution in [0.1, 0.15) is 15.9 Å². The Hall–Kier alpha value is -2.36. The highest BCUT2D eigenvalue weighted by atomic mass is 127. The summed E-state index contributed by atoms with van der Waals surface area (Å²) in [6.07, 6.45) is 0. The number of piperazine rings is 1. The van der Waals surface area contributed by atoms with E-state index in [1.165, 1.54) is 6.07 Å². The quantitative estimate of drug-likeness (QED) is 0.273. The van der Waals surface area contributed by atoms with Crippen LogP contribution in [-0.2, 0) is 0 Å². The summed E-state index contributed by atoms with van der Waals surface area (Å²) in [5.74, 6) is 0.528. The van der Waals surface area contributed by atoms with Crippen molar-refractivity contribution in [1.29, 1.82) is 0 Å². The number of anilines is 1. The standard InChI is InChI=1S/C22H28FN5O.HI/c1-17-6-5-7-18(16-17)21(29)25-10-11-26-22(24-2)28-14-12-27(13-15-28)20-9-4-3-8-19(20)23;/h3-9,16H,10-15H2,1-2H3,(H,24,26)(H,25,29);1H. The molecule has 1 amide bonds. The van der Waals surface area contributed by atoms with Crippen molar-refractivity contribution >= 4 is 41.5 Å². The second-order valence-corrected chi connectivity index (χ2v) is 7.02. The van der Waals surface area contributed by atoms with Crippen molar-refractivity contribution in [2.45, 2.75) is 6.92 Å². The molecule has 6 nitrogen and oxygen atoms in total. The predicted molar refractivity (Wildman–Crippen MR) is 130 cm³/mol. The van der Waals surface area contributed by atoms with Crippen molar-refractivity contribution in [1.82, 2.24) is 15.5 Å². The molecule has 0 spiro atoms. The Bertz CT molecular complexity index is 868. The first kappa shape index (κ1) is 23.9. The number of aryl methyl sites for hydroxylation is 1. The van der Waals surface area contributed by atoms with Gasteiger partial charge in [-0.05, 0) is 31.2 Å². The summed E-state index contributed by atoms with van der Waals surface area (Å²) >= 11 is 0. The molecule has 1 aliphatic rings. The number of para-hydroxylation sites is 1. The van der Waals surface area contributed by atoms with E-state index in [1.54, 1.807) is 13.1 Å². The number of hydrogen-bond donors (Lipinski definition) is 2. The average molecular weight is 525 g/mol. The molecule has 0 saturated carbocycles. The molecule has 2 aromatic rings. The highest BCUT2D eigenvalue weighted by molar-refractivity contribution is 14.0. The van der Waals surface area contributed by atoms with Crippen LogP contribution in [0.25, 0.3) is 0 Å². The lowest BCUT2D eigenvalue weighted by atomic mass is 10.1. The summed E-state index contributed by atoms with van der Waals surface area (Å²) in [4.78, 5) is 20.7. The number of rotatable bonds is 5. The zero-order valence-corrected chi connectivity index (χ0v) is 19.7. The molecule has 162 valence electrons. The molecule has 1 saturated heterocycles. The van der Waals surface area contributed by atoms with E-state index in [1.807, 2.05) is 43.3 Å². The molecular formula is C22H29FIN5O. The molecule has 0 radical (unpaired) electrons. The highest BCUT2D eigenvalue weighted by Gasteiger charge is 2.21. The molecule has 0 atom stereocenters. The lowest BCUT2D eigenvalue weighted by Crippen LogP contribution is -2.53. The second-order valence-electron chi connectivity index (χ2n) is 7.02. The fraction of sp³-hybridized carbons (Fsp3) is 0.364. The maximum Gasteiger partial charge on any atom is 0.251 e. The molecule has 0 unspecified atom stereocenters. The number of hydrogen-bond acceptors (Lipinski definition) is 3. The van der Waals surface area contributed by atoms with Crippen molar-refractivity contribution in [3.63, 3.8) is 0 Å². The Morgan fingerprint density at radius 2 is 1.73 bits per heavy atom. The molecule has 30 heavy (non-hydrogen) atoms. The van der Waals surface area contributed by atoms with Gasteiger partial charge in [0.15, 0.2) is 5.96 Å². The van der Waals surface area contributed by atoms with Crippen LogP contribution < -0.4 is 15.5 Å². The third kappa shape index (κ3) is 6.32. The van der Waals surface area contributed by atoms with E-state index in [0.717, 1.165) is 37.7 Å². The number of nitrogens with one attached hydrogen (secondary N) is 2. The van der Waals surface area contributed by atoms with Gasteiger partial charge in [-0.1, -0.05) is 29.8 Å². The molecule has 0 aromatic heterocycles. The van der Waals surface area contributed by atoms with Crippen molar-refractivity contribution in [2.24, 2.45) is 4.99 Å². The molecule has 8 heteroatoms. The normalized spacial score (nSPS) is 14.2. The average Bonchev–Trinajstić information content (AvgIpc) is 2.74. The Balaban J connectivity index is 0.00000320. The van der Waals surface area contributed by atoms with Crippen molar-refractivity contribution < 1.29 is 9.18 Å². The number of benzene rings is 2. The number of carbonyl (C=O) groups is 1. The monoisotopic (exact) mass is 525 g/mol. The van der Waals surface area contributed by atoms with Gasteiger partial charge in [-0.25, -0.2) is 4.39 Å². The number of aliphatic imine (C=N–C) groups is 1. The molecule has 0 bridgehead atoms. The van der Waals surface area contributed by atoms with Gasteiger partial charge in [-0.2, -0.15) is 0 Å². The topological polar surface area (TPSA) is 60.0 Å². The summed E-state index contributed by atoms with van der Waals surface area (Å²) in [5, 5.41) is 6.21. The summed E-state index contributed by atoms with van der Waals surface area (Å²) in [5.41, 5.74) is 2.37. The first-order chi connectivity index (χ1) is 14.1. The fourth-order valence-corrected chi connectivity index (χ4v) is 3.44. The third-order valence-corrected chi connectivity index (χ3v) is 4.96. The predicted octanol–water partition coefficient (Wildman–Crippen LogP) is 2.88. The Labute approximate surface area is 194 Å². The first-order valence-electron chi connectivity index (χ1n) is 9.88. The molecule has 1 fully saturated rings. The van der Waals surface area contributed by atoms with Gasteiger partial charge < -0.3 is 20.4 Å². The Morgan fingerprint density at radius 1 is 1.03 bits per heavy atom. The van der Waals surface area contributed by atoms with Crippen LogP contribution in [0.4, 0.5) is 10.1 Å². The minimum atomic E-state index is -0.187. The third-order valence-electron chi connectivity index (χ3n) is 4.96. The molecule has 0 aliphatic carbocycles. The van der Waals surface area contributed by atoms with E-state index < -0.39 is 0 Å². The van der Waals surface area contributed by atoms with Gasteiger partial charge in [-0.3, -0.25) is 9.79 Å². The van der Waals surface area contributed by atoms with Crippen LogP contribution in [0, 0.1) is 12.7 Å². The van der Waals surface area contributed by atoms with Crippen LogP contribution >= 0.6 is 24.0 Å². The summed E-state index contributed by atoms with van der Waals surface area (Å²) < 4.78 is 14.0. The van der Waals surface area contributed by atoms with Gasteiger partial charge in [0.2, 0.25) is 0 Å². The largest absolute Gasteiger partial charge is 0.366 e. The van der Waals surface area contributed by atoms with Gasteiger partial charge in [0, 0.05) is 51.9 Å². The number of carbonyl (C=O) groups excluding carboxylic acids is 1. The van der Waals surface area contributed by atoms with E-state index in [-0.39, 0.29) is 35.7 Å². The van der Waals surface area contributed by atoms with Gasteiger partial charge in [-0.15, -0.1) is 24.0 Å². The molecule has 1 heterocycles. The smallest absolute Gasteiger partial charge is 0.251 e. The van der Waals surface area contributed by atoms with E-state index in [0.29, 0.717) is 24.3 Å². The van der Waals surface area contributed by atoms with Gasteiger partial charge in [0.25, 0.3) is 5.91 Å². The Morgan fingerprint density at radius 3 is 2.40 bits per heavy atom. The van der Waals surface area contributed by atoms with E-state index >= 15 is 0 Å². The van der Waals surface area contributed by atoms with E-state index in [4.69, 9.17) is 0 Å². The zero-order chi connectivity index (χ0) is 20.6. The summed E-state index contributed by atoms with van der Waals surface area (Å²) in [7, 11) is 1.75. The molecular weight excluding hydrogens is 496 g/mol. The highest BCUT2D eigenvalue weighted by Crippen LogP contribution is 2.20. The van der Waals surface area contributed by atoms with Crippen LogP contribution in [0.15, 0.2) is 53.5 Å². The number of guanidine groups is 1. The van der Waals surface area contributed by atoms with Gasteiger partial charge >= 0.3 is 0 Å². The van der Waals surface area contributed by atoms with Crippen LogP contribution in [-0.4, -0.2) is 63.1 Å². The van der Waals surface area contributed by atoms with E-state index in [9.17, 15) is 9.18 Å². The molecule has 2 N–H and O–H groups in total. The SMILES string of the molecule is CN=C(NCCNC(=O)c1cccc(C)c1)N1CCN(c2ccccc2F)CC1.I. The second kappa shape index (κ2) is 11.7. The van der Waals surface area contributed by atoms with Crippen LogP contribution in [0.2, 0.25) is 0 Å². The van der Waals surface area contributed by atoms with Gasteiger partial charge in [0.05, 0.1) is 5.69 Å². The molecule has 3 rings (SSSR count). The summed E-state index contributed by atoms with van der Waals surface area (Å²) in [6.45, 7) is 6.01. The van der Waals surface area contributed by atoms with Crippen molar-refractivity contribution in [3.8, 4) is 0 Å². The van der Waals surface area contributed by atoms with Crippen molar-refractivity contribution in [2.75, 3.05) is 51.2 Å². The van der Waals surface area contributed by atoms with E-state index in [2.05, 4.69) is 25.4 Å². The summed E-state index contributed by atoms with van der Waals surface area (Å²) in [6, 6.07) is 14.4. The van der Waals surface area contributed by atoms with Gasteiger partial charge in [0.1, 0.15) is 5.82 Å². The van der Waals surface area contributed by atoms with Crippen molar-refractivity contribution in [3.05, 3.63) is 65.5 Å². The maximum absolute atomic E-state index is 14.0. The molecule has 1 aliphatic heterocycles. The minimum absolute atomic E-state index is 0. The Kier molecular flexibility index (Phi) is 9.35. The maximum atomic E-state index is 14.0. The van der Waals surface area contributed by atoms with Crippen LogP contribution in [0.3, 0.4) is 0 Å².